The van der Waals surface area contributed by atoms with Gasteiger partial charge in [0.2, 0.25) is 5.89 Å². The average Bonchev–Trinajstić information content (AvgIpc) is 3.05. The van der Waals surface area contributed by atoms with Crippen LogP contribution in [0.1, 0.15) is 36.9 Å². The molecule has 7 heteroatoms. The van der Waals surface area contributed by atoms with Crippen molar-refractivity contribution >= 4 is 0 Å². The number of ether oxygens (including phenoxy) is 1. The third-order valence-corrected chi connectivity index (χ3v) is 4.50. The molecule has 2 heterocycles. The Morgan fingerprint density at radius 2 is 2.27 bits per heavy atom. The second-order valence-electron chi connectivity index (χ2n) is 6.55. The Morgan fingerprint density at radius 3 is 3.00 bits per heavy atom. The lowest BCUT2D eigenvalue weighted by Crippen LogP contribution is -2.37. The first-order valence-electron chi connectivity index (χ1n) is 8.07. The Morgan fingerprint density at radius 1 is 1.45 bits per heavy atom. The lowest BCUT2D eigenvalue weighted by atomic mass is 10.2. The maximum atomic E-state index is 9.82. The topological polar surface area (TPSA) is 74.9 Å². The van der Waals surface area contributed by atoms with Crippen LogP contribution in [0.3, 0.4) is 0 Å². The van der Waals surface area contributed by atoms with Crippen molar-refractivity contribution in [3.8, 4) is 0 Å². The standard InChI is InChI=1S/C15H26N4O3/c1-18(9-14-16-15(22-17-14)11-3-4-11)12-5-6-19(7-12)8-13(20)10-21-2/h11-13,20H,3-10H2,1-2H3. The van der Waals surface area contributed by atoms with E-state index in [1.165, 1.54) is 12.8 Å². The van der Waals surface area contributed by atoms with Gasteiger partial charge in [-0.2, -0.15) is 4.98 Å². The molecule has 2 unspecified atom stereocenters. The second kappa shape index (κ2) is 7.04. The van der Waals surface area contributed by atoms with Gasteiger partial charge in [-0.05, 0) is 32.9 Å². The number of likely N-dealkylation sites (tertiary alicyclic amines) is 1. The molecule has 1 aromatic heterocycles. The van der Waals surface area contributed by atoms with E-state index in [2.05, 4.69) is 27.0 Å². The minimum absolute atomic E-state index is 0.393. The van der Waals surface area contributed by atoms with E-state index >= 15 is 0 Å². The fourth-order valence-electron chi connectivity index (χ4n) is 3.06. The average molecular weight is 310 g/mol. The number of likely N-dealkylation sites (N-methyl/N-ethyl adjacent to an activating group) is 1. The fourth-order valence-corrected chi connectivity index (χ4v) is 3.06. The molecule has 124 valence electrons. The van der Waals surface area contributed by atoms with Crippen LogP contribution in [0, 0.1) is 0 Å². The first kappa shape index (κ1) is 15.9. The van der Waals surface area contributed by atoms with Crippen LogP contribution in [0.25, 0.3) is 0 Å². The largest absolute Gasteiger partial charge is 0.389 e. The molecule has 0 radical (unpaired) electrons. The zero-order valence-corrected chi connectivity index (χ0v) is 13.4. The first-order chi connectivity index (χ1) is 10.7. The fraction of sp³-hybridized carbons (Fsp3) is 0.867. The van der Waals surface area contributed by atoms with E-state index < -0.39 is 6.10 Å². The number of rotatable bonds is 8. The number of nitrogens with zero attached hydrogens (tertiary/aromatic N) is 4. The van der Waals surface area contributed by atoms with E-state index in [0.717, 1.165) is 37.8 Å². The third-order valence-electron chi connectivity index (χ3n) is 4.50. The molecule has 2 atom stereocenters. The molecule has 1 saturated carbocycles. The molecule has 7 nitrogen and oxygen atoms in total. The maximum Gasteiger partial charge on any atom is 0.229 e. The van der Waals surface area contributed by atoms with E-state index in [-0.39, 0.29) is 0 Å². The van der Waals surface area contributed by atoms with Gasteiger partial charge in [0.25, 0.3) is 0 Å². The van der Waals surface area contributed by atoms with Gasteiger partial charge in [-0.3, -0.25) is 9.80 Å². The molecule has 2 fully saturated rings. The van der Waals surface area contributed by atoms with Gasteiger partial charge in [0, 0.05) is 32.2 Å². The van der Waals surface area contributed by atoms with Gasteiger partial charge in [0.15, 0.2) is 5.82 Å². The smallest absolute Gasteiger partial charge is 0.229 e. The van der Waals surface area contributed by atoms with E-state index in [0.29, 0.717) is 25.1 Å². The molecular formula is C15H26N4O3. The predicted molar refractivity (Wildman–Crippen MR) is 80.5 cm³/mol. The Kier molecular flexibility index (Phi) is 5.07. The van der Waals surface area contributed by atoms with E-state index in [1.54, 1.807) is 7.11 Å². The predicted octanol–water partition coefficient (Wildman–Crippen LogP) is 0.460. The van der Waals surface area contributed by atoms with Crippen LogP contribution in [-0.2, 0) is 11.3 Å². The van der Waals surface area contributed by atoms with Crippen molar-refractivity contribution in [3.05, 3.63) is 11.7 Å². The van der Waals surface area contributed by atoms with Gasteiger partial charge in [-0.25, -0.2) is 0 Å². The summed E-state index contributed by atoms with van der Waals surface area (Å²) in [6.07, 6.45) is 3.05. The molecule has 1 saturated heterocycles. The first-order valence-corrected chi connectivity index (χ1v) is 8.07. The van der Waals surface area contributed by atoms with Gasteiger partial charge in [0.1, 0.15) is 0 Å². The highest BCUT2D eigenvalue weighted by molar-refractivity contribution is 5.01. The summed E-state index contributed by atoms with van der Waals surface area (Å²) in [5, 5.41) is 13.9. The summed E-state index contributed by atoms with van der Waals surface area (Å²) in [5.41, 5.74) is 0. The SMILES string of the molecule is COCC(O)CN1CCC(N(C)Cc2noc(C3CC3)n2)C1. The zero-order chi connectivity index (χ0) is 15.5. The lowest BCUT2D eigenvalue weighted by Gasteiger charge is -2.24. The molecule has 1 aliphatic heterocycles. The van der Waals surface area contributed by atoms with Crippen LogP contribution in [-0.4, -0.2) is 77.6 Å². The summed E-state index contributed by atoms with van der Waals surface area (Å²) in [6, 6.07) is 0.470. The van der Waals surface area contributed by atoms with Crippen LogP contribution in [0.4, 0.5) is 0 Å². The molecular weight excluding hydrogens is 284 g/mol. The van der Waals surface area contributed by atoms with Crippen molar-refractivity contribution in [1.82, 2.24) is 19.9 Å². The van der Waals surface area contributed by atoms with Crippen molar-refractivity contribution in [3.63, 3.8) is 0 Å². The van der Waals surface area contributed by atoms with Gasteiger partial charge >= 0.3 is 0 Å². The van der Waals surface area contributed by atoms with E-state index in [1.807, 2.05) is 0 Å². The number of methoxy groups -OCH3 is 1. The molecule has 1 aliphatic carbocycles. The van der Waals surface area contributed by atoms with Gasteiger partial charge in [-0.15, -0.1) is 0 Å². The van der Waals surface area contributed by atoms with Crippen molar-refractivity contribution in [2.45, 2.75) is 43.9 Å². The summed E-state index contributed by atoms with van der Waals surface area (Å²) in [5.74, 6) is 2.09. The van der Waals surface area contributed by atoms with E-state index in [9.17, 15) is 5.11 Å². The summed E-state index contributed by atoms with van der Waals surface area (Å²) >= 11 is 0. The van der Waals surface area contributed by atoms with Crippen molar-refractivity contribution in [2.24, 2.45) is 0 Å². The molecule has 2 aliphatic rings. The molecule has 22 heavy (non-hydrogen) atoms. The number of hydrogen-bond donors (Lipinski definition) is 1. The van der Waals surface area contributed by atoms with Crippen molar-refractivity contribution in [1.29, 1.82) is 0 Å². The van der Waals surface area contributed by atoms with E-state index in [4.69, 9.17) is 9.26 Å². The Bertz CT molecular complexity index is 477. The zero-order valence-electron chi connectivity index (χ0n) is 13.4. The Labute approximate surface area is 131 Å². The molecule has 1 N–H and O–H groups in total. The molecule has 0 bridgehead atoms. The van der Waals surface area contributed by atoms with Gasteiger partial charge < -0.3 is 14.4 Å². The van der Waals surface area contributed by atoms with Crippen LogP contribution in [0.2, 0.25) is 0 Å². The normalized spacial score (nSPS) is 24.3. The quantitative estimate of drug-likeness (QED) is 0.747. The monoisotopic (exact) mass is 310 g/mol. The summed E-state index contributed by atoms with van der Waals surface area (Å²) in [7, 11) is 3.72. The minimum Gasteiger partial charge on any atom is -0.389 e. The molecule has 3 rings (SSSR count). The van der Waals surface area contributed by atoms with Crippen LogP contribution in [0.5, 0.6) is 0 Å². The highest BCUT2D eigenvalue weighted by Crippen LogP contribution is 2.38. The lowest BCUT2D eigenvalue weighted by molar-refractivity contribution is 0.0413. The second-order valence-corrected chi connectivity index (χ2v) is 6.55. The van der Waals surface area contributed by atoms with Crippen LogP contribution in [0.15, 0.2) is 4.52 Å². The van der Waals surface area contributed by atoms with Crippen LogP contribution >= 0.6 is 0 Å². The summed E-state index contributed by atoms with van der Waals surface area (Å²) < 4.78 is 10.3. The highest BCUT2D eigenvalue weighted by Gasteiger charge is 2.31. The minimum atomic E-state index is -0.410. The number of aliphatic hydroxyl groups is 1. The Hall–Kier alpha value is -1.02. The number of aromatic nitrogens is 2. The molecule has 0 amide bonds. The molecule has 1 aromatic rings. The summed E-state index contributed by atoms with van der Waals surface area (Å²) in [6.45, 7) is 3.76. The van der Waals surface area contributed by atoms with Crippen LogP contribution < -0.4 is 0 Å². The Balaban J connectivity index is 1.45. The number of hydrogen-bond acceptors (Lipinski definition) is 7. The maximum absolute atomic E-state index is 9.82. The highest BCUT2D eigenvalue weighted by atomic mass is 16.5. The van der Waals surface area contributed by atoms with Gasteiger partial charge in [-0.1, -0.05) is 5.16 Å². The third kappa shape index (κ3) is 4.04. The molecule has 0 spiro atoms. The van der Waals surface area contributed by atoms with Crippen molar-refractivity contribution < 1.29 is 14.4 Å². The van der Waals surface area contributed by atoms with Gasteiger partial charge in [0.05, 0.1) is 19.3 Å². The summed E-state index contributed by atoms with van der Waals surface area (Å²) in [4.78, 5) is 9.06. The molecule has 0 aromatic carbocycles. The number of aliphatic hydroxyl groups excluding tert-OH is 1. The number of β-amino-alcohol motifs (C(OH)–C–C–N with tert-alkyl or cyclic N) is 1. The van der Waals surface area contributed by atoms with Crippen molar-refractivity contribution in [2.75, 3.05) is 40.4 Å².